The summed E-state index contributed by atoms with van der Waals surface area (Å²) in [5.74, 6) is -0.174. The van der Waals surface area contributed by atoms with E-state index in [1.165, 1.54) is 5.56 Å². The minimum Gasteiger partial charge on any atom is -0.378 e. The third kappa shape index (κ3) is 2.25. The fourth-order valence-electron chi connectivity index (χ4n) is 3.70. The Morgan fingerprint density at radius 3 is 2.86 bits per heavy atom. The zero-order valence-electron chi connectivity index (χ0n) is 13.2. The van der Waals surface area contributed by atoms with Crippen molar-refractivity contribution >= 4 is 5.69 Å². The van der Waals surface area contributed by atoms with Crippen molar-refractivity contribution in [3.8, 4) is 0 Å². The Morgan fingerprint density at radius 2 is 2.19 bits per heavy atom. The Morgan fingerprint density at radius 1 is 1.43 bits per heavy atom. The average molecular weight is 292 g/mol. The summed E-state index contributed by atoms with van der Waals surface area (Å²) in [7, 11) is 0. The van der Waals surface area contributed by atoms with Gasteiger partial charge in [-0.2, -0.15) is 0 Å². The van der Waals surface area contributed by atoms with Gasteiger partial charge in [-0.25, -0.2) is 4.39 Å². The molecule has 4 heteroatoms. The van der Waals surface area contributed by atoms with Crippen LogP contribution in [-0.2, 0) is 11.2 Å². The highest BCUT2D eigenvalue weighted by Gasteiger charge is 2.59. The molecule has 1 saturated carbocycles. The molecule has 3 nitrogen and oxygen atoms in total. The standard InChI is InChI=1S/C17H25FN2O/c1-4-21-15-10-17(19,16(15,2)3)11-20-8-7-12-5-6-13(18)9-14(12)20/h5-6,9,15H,4,7-8,10-11,19H2,1-3H3. The van der Waals surface area contributed by atoms with Crippen LogP contribution in [0.2, 0.25) is 0 Å². The second-order valence-corrected chi connectivity index (χ2v) is 6.97. The van der Waals surface area contributed by atoms with E-state index in [0.717, 1.165) is 38.2 Å². The van der Waals surface area contributed by atoms with Gasteiger partial charge in [0.2, 0.25) is 0 Å². The van der Waals surface area contributed by atoms with Gasteiger partial charge >= 0.3 is 0 Å². The van der Waals surface area contributed by atoms with Crippen LogP contribution in [0.5, 0.6) is 0 Å². The van der Waals surface area contributed by atoms with Crippen LogP contribution in [0.15, 0.2) is 18.2 Å². The number of nitrogens with two attached hydrogens (primary N) is 1. The number of benzene rings is 1. The summed E-state index contributed by atoms with van der Waals surface area (Å²) in [4.78, 5) is 2.24. The first-order chi connectivity index (χ1) is 9.87. The van der Waals surface area contributed by atoms with Crippen molar-refractivity contribution in [3.63, 3.8) is 0 Å². The molecule has 1 aliphatic carbocycles. The predicted molar refractivity (Wildman–Crippen MR) is 83.0 cm³/mol. The van der Waals surface area contributed by atoms with Crippen molar-refractivity contribution in [2.24, 2.45) is 11.1 Å². The molecule has 1 fully saturated rings. The Kier molecular flexibility index (Phi) is 3.49. The van der Waals surface area contributed by atoms with Crippen LogP contribution in [0.1, 0.15) is 32.8 Å². The van der Waals surface area contributed by atoms with Crippen molar-refractivity contribution in [1.29, 1.82) is 0 Å². The second kappa shape index (κ2) is 4.96. The van der Waals surface area contributed by atoms with Crippen molar-refractivity contribution in [2.75, 3.05) is 24.6 Å². The lowest BCUT2D eigenvalue weighted by atomic mass is 9.54. The molecule has 2 N–H and O–H groups in total. The van der Waals surface area contributed by atoms with E-state index in [1.54, 1.807) is 12.1 Å². The van der Waals surface area contributed by atoms with E-state index in [2.05, 4.69) is 18.7 Å². The number of rotatable bonds is 4. The first-order valence-electron chi connectivity index (χ1n) is 7.81. The van der Waals surface area contributed by atoms with Crippen LogP contribution < -0.4 is 10.6 Å². The highest BCUT2D eigenvalue weighted by atomic mass is 19.1. The summed E-state index contributed by atoms with van der Waals surface area (Å²) >= 11 is 0. The van der Waals surface area contributed by atoms with E-state index in [0.29, 0.717) is 0 Å². The van der Waals surface area contributed by atoms with Gasteiger partial charge in [-0.05, 0) is 37.5 Å². The maximum Gasteiger partial charge on any atom is 0.125 e. The second-order valence-electron chi connectivity index (χ2n) is 6.97. The smallest absolute Gasteiger partial charge is 0.125 e. The van der Waals surface area contributed by atoms with Crippen molar-refractivity contribution in [3.05, 3.63) is 29.6 Å². The topological polar surface area (TPSA) is 38.5 Å². The molecular formula is C17H25FN2O. The Labute approximate surface area is 126 Å². The third-order valence-corrected chi connectivity index (χ3v) is 5.52. The van der Waals surface area contributed by atoms with Crippen molar-refractivity contribution < 1.29 is 9.13 Å². The Balaban J connectivity index is 1.76. The quantitative estimate of drug-likeness (QED) is 0.927. The van der Waals surface area contributed by atoms with Crippen LogP contribution in [0.4, 0.5) is 10.1 Å². The average Bonchev–Trinajstić information content (AvgIpc) is 2.81. The molecule has 0 aromatic heterocycles. The van der Waals surface area contributed by atoms with E-state index in [-0.39, 0.29) is 22.9 Å². The summed E-state index contributed by atoms with van der Waals surface area (Å²) < 4.78 is 19.3. The van der Waals surface area contributed by atoms with Gasteiger partial charge in [0.05, 0.1) is 6.10 Å². The SMILES string of the molecule is CCOC1CC(N)(CN2CCc3ccc(F)cc32)C1(C)C. The summed E-state index contributed by atoms with van der Waals surface area (Å²) in [6.45, 7) is 8.79. The molecule has 3 rings (SSSR count). The van der Waals surface area contributed by atoms with Gasteiger partial charge < -0.3 is 15.4 Å². The molecule has 1 heterocycles. The Hall–Kier alpha value is -1.13. The van der Waals surface area contributed by atoms with Gasteiger partial charge in [-0.15, -0.1) is 0 Å². The molecule has 116 valence electrons. The third-order valence-electron chi connectivity index (χ3n) is 5.52. The normalized spacial score (nSPS) is 30.1. The minimum atomic E-state index is -0.277. The molecule has 1 aromatic carbocycles. The zero-order chi connectivity index (χ0) is 15.3. The molecule has 2 aliphatic rings. The molecule has 0 spiro atoms. The van der Waals surface area contributed by atoms with Gasteiger partial charge in [-0.1, -0.05) is 19.9 Å². The molecule has 0 amide bonds. The van der Waals surface area contributed by atoms with Gasteiger partial charge in [-0.3, -0.25) is 0 Å². The lowest BCUT2D eigenvalue weighted by Crippen LogP contribution is -2.73. The Bertz CT molecular complexity index is 546. The van der Waals surface area contributed by atoms with E-state index in [1.807, 2.05) is 13.0 Å². The largest absolute Gasteiger partial charge is 0.378 e. The summed E-state index contributed by atoms with van der Waals surface area (Å²) in [6.07, 6.45) is 2.07. The molecule has 1 aliphatic heterocycles. The van der Waals surface area contributed by atoms with Gasteiger partial charge in [0.25, 0.3) is 0 Å². The van der Waals surface area contributed by atoms with Crippen molar-refractivity contribution in [1.82, 2.24) is 0 Å². The van der Waals surface area contributed by atoms with Crippen molar-refractivity contribution in [2.45, 2.75) is 45.3 Å². The molecule has 21 heavy (non-hydrogen) atoms. The van der Waals surface area contributed by atoms with E-state index in [9.17, 15) is 4.39 Å². The van der Waals surface area contributed by atoms with Crippen LogP contribution in [0.3, 0.4) is 0 Å². The van der Waals surface area contributed by atoms with Crippen LogP contribution >= 0.6 is 0 Å². The summed E-state index contributed by atoms with van der Waals surface area (Å²) in [5, 5.41) is 0. The number of fused-ring (bicyclic) bond motifs is 1. The molecule has 2 atom stereocenters. The monoisotopic (exact) mass is 292 g/mol. The molecule has 0 radical (unpaired) electrons. The molecule has 1 aromatic rings. The van der Waals surface area contributed by atoms with Crippen LogP contribution in [0, 0.1) is 11.2 Å². The van der Waals surface area contributed by atoms with E-state index in [4.69, 9.17) is 10.5 Å². The maximum atomic E-state index is 13.5. The van der Waals surface area contributed by atoms with Gasteiger partial charge in [0.15, 0.2) is 0 Å². The lowest BCUT2D eigenvalue weighted by Gasteiger charge is -2.60. The zero-order valence-corrected chi connectivity index (χ0v) is 13.2. The number of ether oxygens (including phenoxy) is 1. The molecule has 0 saturated heterocycles. The molecular weight excluding hydrogens is 267 g/mol. The lowest BCUT2D eigenvalue weighted by molar-refractivity contribution is -0.146. The summed E-state index contributed by atoms with van der Waals surface area (Å²) in [6, 6.07) is 5.07. The van der Waals surface area contributed by atoms with Gasteiger partial charge in [0.1, 0.15) is 5.82 Å². The molecule has 0 bridgehead atoms. The number of hydrogen-bond acceptors (Lipinski definition) is 3. The summed E-state index contributed by atoms with van der Waals surface area (Å²) in [5.41, 5.74) is 8.56. The fraction of sp³-hybridized carbons (Fsp3) is 0.647. The van der Waals surface area contributed by atoms with E-state index < -0.39 is 0 Å². The minimum absolute atomic E-state index is 0.0565. The first-order valence-corrected chi connectivity index (χ1v) is 7.81. The predicted octanol–water partition coefficient (Wildman–Crippen LogP) is 2.72. The molecule has 2 unspecified atom stereocenters. The maximum absolute atomic E-state index is 13.5. The fourth-order valence-corrected chi connectivity index (χ4v) is 3.70. The first kappa shape index (κ1) is 14.8. The van der Waals surface area contributed by atoms with E-state index >= 15 is 0 Å². The number of anilines is 1. The number of hydrogen-bond donors (Lipinski definition) is 1. The van der Waals surface area contributed by atoms with Gasteiger partial charge in [0, 0.05) is 36.3 Å². The van der Waals surface area contributed by atoms with Crippen LogP contribution in [0.25, 0.3) is 0 Å². The number of nitrogens with zero attached hydrogens (tertiary/aromatic N) is 1. The highest BCUT2D eigenvalue weighted by molar-refractivity contribution is 5.58. The van der Waals surface area contributed by atoms with Crippen LogP contribution in [-0.4, -0.2) is 31.3 Å². The number of halogens is 1. The highest BCUT2D eigenvalue weighted by Crippen LogP contribution is 2.50.